The quantitative estimate of drug-likeness (QED) is 0.787. The van der Waals surface area contributed by atoms with Crippen LogP contribution in [0.15, 0.2) is 24.3 Å². The second-order valence-corrected chi connectivity index (χ2v) is 6.34. The van der Waals surface area contributed by atoms with Crippen molar-refractivity contribution in [3.8, 4) is 12.1 Å². The minimum absolute atomic E-state index is 0.0712. The Morgan fingerprint density at radius 1 is 0.917 bits per heavy atom. The van der Waals surface area contributed by atoms with Crippen LogP contribution in [0.5, 0.6) is 0 Å². The minimum atomic E-state index is 0.0712. The molecule has 0 saturated carbocycles. The highest BCUT2D eigenvalue weighted by molar-refractivity contribution is 5.90. The average molecular weight is 316 g/mol. The molecule has 3 rings (SSSR count). The molecule has 0 saturated heterocycles. The molecule has 2 aromatic carbocycles. The number of rotatable bonds is 1. The van der Waals surface area contributed by atoms with Gasteiger partial charge in [0.25, 0.3) is 0 Å². The Bertz CT molecular complexity index is 915. The van der Waals surface area contributed by atoms with Crippen LogP contribution < -0.4 is 9.80 Å². The van der Waals surface area contributed by atoms with Gasteiger partial charge in [0.05, 0.1) is 22.5 Å². The van der Waals surface area contributed by atoms with Gasteiger partial charge >= 0.3 is 0 Å². The van der Waals surface area contributed by atoms with Crippen molar-refractivity contribution in [2.75, 3.05) is 16.8 Å². The van der Waals surface area contributed by atoms with Crippen LogP contribution in [-0.4, -0.2) is 13.2 Å². The topological polar surface area (TPSA) is 54.1 Å². The monoisotopic (exact) mass is 316 g/mol. The van der Waals surface area contributed by atoms with Crippen molar-refractivity contribution in [3.63, 3.8) is 0 Å². The van der Waals surface area contributed by atoms with Gasteiger partial charge in [-0.3, -0.25) is 0 Å². The van der Waals surface area contributed by atoms with Crippen LogP contribution in [0.3, 0.4) is 0 Å². The van der Waals surface area contributed by atoms with E-state index in [0.717, 1.165) is 17.1 Å². The van der Waals surface area contributed by atoms with Gasteiger partial charge in [-0.1, -0.05) is 6.07 Å². The van der Waals surface area contributed by atoms with Gasteiger partial charge in [-0.2, -0.15) is 10.5 Å². The maximum atomic E-state index is 9.67. The van der Waals surface area contributed by atoms with E-state index in [2.05, 4.69) is 61.8 Å². The first kappa shape index (κ1) is 15.9. The lowest BCUT2D eigenvalue weighted by molar-refractivity contribution is 0.732. The highest BCUT2D eigenvalue weighted by Gasteiger charge is 2.35. The molecule has 4 nitrogen and oxygen atoms in total. The highest BCUT2D eigenvalue weighted by Crippen LogP contribution is 2.47. The van der Waals surface area contributed by atoms with Crippen molar-refractivity contribution in [1.29, 1.82) is 10.5 Å². The first-order chi connectivity index (χ1) is 11.4. The molecule has 1 aliphatic heterocycles. The third-order valence-electron chi connectivity index (χ3n) is 5.23. The van der Waals surface area contributed by atoms with Crippen molar-refractivity contribution in [3.05, 3.63) is 52.1 Å². The molecule has 0 radical (unpaired) electrons. The molecule has 0 bridgehead atoms. The van der Waals surface area contributed by atoms with Crippen molar-refractivity contribution < 1.29 is 0 Å². The molecule has 120 valence electrons. The van der Waals surface area contributed by atoms with Gasteiger partial charge in [-0.15, -0.1) is 0 Å². The van der Waals surface area contributed by atoms with Gasteiger partial charge in [0.15, 0.2) is 0 Å². The van der Waals surface area contributed by atoms with Gasteiger partial charge in [0.2, 0.25) is 0 Å². The lowest BCUT2D eigenvalue weighted by Crippen LogP contribution is -2.36. The number of fused-ring (bicyclic) bond motifs is 1. The minimum Gasteiger partial charge on any atom is -0.352 e. The van der Waals surface area contributed by atoms with Crippen LogP contribution in [0.25, 0.3) is 0 Å². The van der Waals surface area contributed by atoms with Crippen molar-refractivity contribution in [1.82, 2.24) is 0 Å². The SMILES string of the molecule is Cc1ccc(N2c3c(ccc(C#N)c3C#N)N(C)[C@@H]2C)c(C)c1C. The zero-order valence-electron chi connectivity index (χ0n) is 14.7. The molecule has 0 spiro atoms. The van der Waals surface area contributed by atoms with E-state index >= 15 is 0 Å². The second kappa shape index (κ2) is 5.58. The number of hydrogen-bond acceptors (Lipinski definition) is 4. The Morgan fingerprint density at radius 2 is 1.58 bits per heavy atom. The summed E-state index contributed by atoms with van der Waals surface area (Å²) >= 11 is 0. The Kier molecular flexibility index (Phi) is 3.70. The first-order valence-electron chi connectivity index (χ1n) is 7.98. The summed E-state index contributed by atoms with van der Waals surface area (Å²) in [4.78, 5) is 4.32. The summed E-state index contributed by atoms with van der Waals surface area (Å²) in [6, 6.07) is 12.3. The van der Waals surface area contributed by atoms with Crippen LogP contribution in [0.1, 0.15) is 34.7 Å². The van der Waals surface area contributed by atoms with Gasteiger partial charge in [0.1, 0.15) is 18.3 Å². The fourth-order valence-corrected chi connectivity index (χ4v) is 3.40. The fraction of sp³-hybridized carbons (Fsp3) is 0.300. The lowest BCUT2D eigenvalue weighted by atomic mass is 10.00. The highest BCUT2D eigenvalue weighted by atomic mass is 15.4. The normalized spacial score (nSPS) is 15.9. The van der Waals surface area contributed by atoms with Crippen LogP contribution >= 0.6 is 0 Å². The number of nitrogens with zero attached hydrogens (tertiary/aromatic N) is 4. The third kappa shape index (κ3) is 2.04. The molecule has 0 aliphatic carbocycles. The molecule has 0 unspecified atom stereocenters. The predicted molar refractivity (Wildman–Crippen MR) is 96.5 cm³/mol. The zero-order chi connectivity index (χ0) is 17.6. The largest absolute Gasteiger partial charge is 0.352 e. The Hall–Kier alpha value is -2.98. The molecular weight excluding hydrogens is 296 g/mol. The van der Waals surface area contributed by atoms with E-state index < -0.39 is 0 Å². The molecule has 1 atom stereocenters. The summed E-state index contributed by atoms with van der Waals surface area (Å²) in [5.41, 5.74) is 7.48. The number of aryl methyl sites for hydroxylation is 1. The lowest BCUT2D eigenvalue weighted by Gasteiger charge is -2.30. The van der Waals surface area contributed by atoms with E-state index in [9.17, 15) is 10.5 Å². The van der Waals surface area contributed by atoms with Crippen molar-refractivity contribution in [2.45, 2.75) is 33.9 Å². The van der Waals surface area contributed by atoms with Gasteiger partial charge < -0.3 is 9.80 Å². The maximum absolute atomic E-state index is 9.67. The van der Waals surface area contributed by atoms with Crippen LogP contribution in [0, 0.1) is 43.4 Å². The van der Waals surface area contributed by atoms with Gasteiger partial charge in [-0.05, 0) is 62.6 Å². The summed E-state index contributed by atoms with van der Waals surface area (Å²) in [7, 11) is 2.02. The number of hydrogen-bond donors (Lipinski definition) is 0. The van der Waals surface area contributed by atoms with E-state index in [1.54, 1.807) is 6.07 Å². The van der Waals surface area contributed by atoms with Gasteiger partial charge in [-0.25, -0.2) is 0 Å². The number of anilines is 3. The zero-order valence-corrected chi connectivity index (χ0v) is 14.7. The first-order valence-corrected chi connectivity index (χ1v) is 7.98. The molecule has 24 heavy (non-hydrogen) atoms. The summed E-state index contributed by atoms with van der Waals surface area (Å²) in [5.74, 6) is 0. The van der Waals surface area contributed by atoms with E-state index in [1.165, 1.54) is 16.7 Å². The van der Waals surface area contributed by atoms with Gasteiger partial charge in [0, 0.05) is 12.7 Å². The average Bonchev–Trinajstić information content (AvgIpc) is 2.84. The molecule has 4 heteroatoms. The maximum Gasteiger partial charge on any atom is 0.103 e. The summed E-state index contributed by atoms with van der Waals surface area (Å²) in [6.45, 7) is 8.45. The molecule has 0 N–H and O–H groups in total. The molecule has 0 amide bonds. The third-order valence-corrected chi connectivity index (χ3v) is 5.23. The second-order valence-electron chi connectivity index (χ2n) is 6.34. The molecule has 0 aromatic heterocycles. The number of nitriles is 2. The van der Waals surface area contributed by atoms with Crippen molar-refractivity contribution in [2.24, 2.45) is 0 Å². The molecule has 1 heterocycles. The van der Waals surface area contributed by atoms with Crippen LogP contribution in [0.2, 0.25) is 0 Å². The van der Waals surface area contributed by atoms with Crippen LogP contribution in [0.4, 0.5) is 17.1 Å². The molecule has 1 aliphatic rings. The smallest absolute Gasteiger partial charge is 0.103 e. The predicted octanol–water partition coefficient (Wildman–Crippen LogP) is 4.29. The summed E-state index contributed by atoms with van der Waals surface area (Å²) in [6.07, 6.45) is 0.0712. The molecule has 2 aromatic rings. The Morgan fingerprint density at radius 3 is 2.21 bits per heavy atom. The summed E-state index contributed by atoms with van der Waals surface area (Å²) < 4.78 is 0. The van der Waals surface area contributed by atoms with E-state index in [4.69, 9.17) is 0 Å². The fourth-order valence-electron chi connectivity index (χ4n) is 3.40. The van der Waals surface area contributed by atoms with Crippen LogP contribution in [-0.2, 0) is 0 Å². The van der Waals surface area contributed by atoms with E-state index in [0.29, 0.717) is 11.1 Å². The Labute approximate surface area is 143 Å². The van der Waals surface area contributed by atoms with E-state index in [1.807, 2.05) is 13.1 Å². The molecular formula is C20H20N4. The molecule has 0 fully saturated rings. The number of benzene rings is 2. The Balaban J connectivity index is 2.33. The van der Waals surface area contributed by atoms with Crippen molar-refractivity contribution >= 4 is 17.1 Å². The van der Waals surface area contributed by atoms with E-state index in [-0.39, 0.29) is 6.17 Å². The summed E-state index contributed by atoms with van der Waals surface area (Å²) in [5, 5.41) is 19.0. The standard InChI is InChI=1S/C20H20N4/c1-12-6-8-18(14(3)13(12)2)24-15(4)23(5)19-9-7-16(10-21)17(11-22)20(19)24/h6-9,15H,1-5H3/t15-/m0/s1.